The summed E-state index contributed by atoms with van der Waals surface area (Å²) in [5.41, 5.74) is 8.44. The number of pyridine rings is 1. The standard InChI is InChI=1S/C13H14N2/c14-13(10-4-5-10)11-6-3-9-2-1-7-15-12(9)8-11/h1-3,6-8,10,13H,4-5,14H2. The van der Waals surface area contributed by atoms with Gasteiger partial charge < -0.3 is 5.73 Å². The second-order valence-electron chi connectivity index (χ2n) is 4.32. The Hall–Kier alpha value is -1.41. The molecular formula is C13H14N2. The maximum absolute atomic E-state index is 6.16. The molecule has 1 aliphatic rings. The summed E-state index contributed by atoms with van der Waals surface area (Å²) in [7, 11) is 0. The van der Waals surface area contributed by atoms with Gasteiger partial charge in [-0.25, -0.2) is 0 Å². The molecule has 1 heterocycles. The first kappa shape index (κ1) is 8.86. The Morgan fingerprint density at radius 2 is 2.13 bits per heavy atom. The smallest absolute Gasteiger partial charge is 0.0705 e. The Kier molecular flexibility index (Phi) is 1.96. The summed E-state index contributed by atoms with van der Waals surface area (Å²) >= 11 is 0. The summed E-state index contributed by atoms with van der Waals surface area (Å²) in [6.45, 7) is 0. The van der Waals surface area contributed by atoms with Crippen LogP contribution in [0.3, 0.4) is 0 Å². The van der Waals surface area contributed by atoms with Crippen LogP contribution in [0.2, 0.25) is 0 Å². The molecule has 1 aromatic carbocycles. The van der Waals surface area contributed by atoms with Crippen molar-refractivity contribution >= 4 is 10.9 Å². The van der Waals surface area contributed by atoms with E-state index in [0.29, 0.717) is 5.92 Å². The molecule has 3 rings (SSSR count). The number of rotatable bonds is 2. The average molecular weight is 198 g/mol. The average Bonchev–Trinajstić information content (AvgIpc) is 3.11. The molecule has 2 heteroatoms. The van der Waals surface area contributed by atoms with Crippen LogP contribution in [0.5, 0.6) is 0 Å². The molecule has 1 aromatic heterocycles. The molecule has 0 saturated heterocycles. The third-order valence-electron chi connectivity index (χ3n) is 3.14. The van der Waals surface area contributed by atoms with Crippen molar-refractivity contribution in [3.63, 3.8) is 0 Å². The quantitative estimate of drug-likeness (QED) is 0.805. The number of nitrogens with two attached hydrogens (primary N) is 1. The van der Waals surface area contributed by atoms with Gasteiger partial charge in [-0.3, -0.25) is 4.98 Å². The second kappa shape index (κ2) is 3.31. The van der Waals surface area contributed by atoms with Gasteiger partial charge in [0.05, 0.1) is 5.52 Å². The first-order chi connectivity index (χ1) is 7.34. The zero-order valence-corrected chi connectivity index (χ0v) is 8.56. The van der Waals surface area contributed by atoms with Crippen molar-refractivity contribution in [3.8, 4) is 0 Å². The highest BCUT2D eigenvalue weighted by Crippen LogP contribution is 2.39. The summed E-state index contributed by atoms with van der Waals surface area (Å²) < 4.78 is 0. The van der Waals surface area contributed by atoms with Gasteiger partial charge in [-0.1, -0.05) is 18.2 Å². The van der Waals surface area contributed by atoms with Gasteiger partial charge in [0.2, 0.25) is 0 Å². The highest BCUT2D eigenvalue weighted by Gasteiger charge is 2.29. The molecule has 0 aliphatic heterocycles. The molecule has 1 saturated carbocycles. The molecule has 1 aliphatic carbocycles. The first-order valence-corrected chi connectivity index (χ1v) is 5.45. The van der Waals surface area contributed by atoms with E-state index in [1.165, 1.54) is 23.8 Å². The van der Waals surface area contributed by atoms with Crippen LogP contribution in [0.15, 0.2) is 36.5 Å². The zero-order chi connectivity index (χ0) is 10.3. The SMILES string of the molecule is NC(c1ccc2cccnc2c1)C1CC1. The molecular weight excluding hydrogens is 184 g/mol. The molecule has 0 amide bonds. The number of nitrogens with zero attached hydrogens (tertiary/aromatic N) is 1. The molecule has 15 heavy (non-hydrogen) atoms. The lowest BCUT2D eigenvalue weighted by atomic mass is 10.0. The van der Waals surface area contributed by atoms with E-state index in [0.717, 1.165) is 5.52 Å². The second-order valence-corrected chi connectivity index (χ2v) is 4.32. The fourth-order valence-corrected chi connectivity index (χ4v) is 2.02. The number of fused-ring (bicyclic) bond motifs is 1. The van der Waals surface area contributed by atoms with Crippen molar-refractivity contribution in [1.82, 2.24) is 4.98 Å². The maximum Gasteiger partial charge on any atom is 0.0705 e. The van der Waals surface area contributed by atoms with Crippen molar-refractivity contribution < 1.29 is 0 Å². The predicted octanol–water partition coefficient (Wildman–Crippen LogP) is 2.64. The zero-order valence-electron chi connectivity index (χ0n) is 8.56. The minimum Gasteiger partial charge on any atom is -0.324 e. The van der Waals surface area contributed by atoms with Crippen molar-refractivity contribution in [2.45, 2.75) is 18.9 Å². The van der Waals surface area contributed by atoms with Gasteiger partial charge in [-0.15, -0.1) is 0 Å². The van der Waals surface area contributed by atoms with Crippen LogP contribution in [0, 0.1) is 5.92 Å². The summed E-state index contributed by atoms with van der Waals surface area (Å²) in [5.74, 6) is 0.700. The van der Waals surface area contributed by atoms with Crippen LogP contribution in [0.4, 0.5) is 0 Å². The van der Waals surface area contributed by atoms with Gasteiger partial charge in [-0.2, -0.15) is 0 Å². The van der Waals surface area contributed by atoms with Crippen LogP contribution in [-0.2, 0) is 0 Å². The largest absolute Gasteiger partial charge is 0.324 e. The number of hydrogen-bond acceptors (Lipinski definition) is 2. The van der Waals surface area contributed by atoms with Gasteiger partial charge in [0.25, 0.3) is 0 Å². The molecule has 0 spiro atoms. The molecule has 1 atom stereocenters. The molecule has 2 aromatic rings. The van der Waals surface area contributed by atoms with Crippen LogP contribution in [0.25, 0.3) is 10.9 Å². The van der Waals surface area contributed by atoms with Crippen LogP contribution in [-0.4, -0.2) is 4.98 Å². The Morgan fingerprint density at radius 1 is 1.27 bits per heavy atom. The molecule has 2 N–H and O–H groups in total. The summed E-state index contributed by atoms with van der Waals surface area (Å²) in [5, 5.41) is 1.18. The van der Waals surface area contributed by atoms with E-state index in [2.05, 4.69) is 29.2 Å². The highest BCUT2D eigenvalue weighted by molar-refractivity contribution is 5.79. The lowest BCUT2D eigenvalue weighted by Gasteiger charge is -2.10. The highest BCUT2D eigenvalue weighted by atomic mass is 14.7. The number of aromatic nitrogens is 1. The van der Waals surface area contributed by atoms with E-state index in [4.69, 9.17) is 5.73 Å². The summed E-state index contributed by atoms with van der Waals surface area (Å²) in [4.78, 5) is 4.35. The van der Waals surface area contributed by atoms with Crippen molar-refractivity contribution in [1.29, 1.82) is 0 Å². The van der Waals surface area contributed by atoms with Crippen molar-refractivity contribution in [2.75, 3.05) is 0 Å². The monoisotopic (exact) mass is 198 g/mol. The Morgan fingerprint density at radius 3 is 2.93 bits per heavy atom. The summed E-state index contributed by atoms with van der Waals surface area (Å²) in [6, 6.07) is 10.6. The normalized spacial score (nSPS) is 17.9. The minimum atomic E-state index is 0.205. The molecule has 0 bridgehead atoms. The van der Waals surface area contributed by atoms with E-state index in [1.54, 1.807) is 0 Å². The lowest BCUT2D eigenvalue weighted by molar-refractivity contribution is 0.634. The Balaban J connectivity index is 2.05. The third-order valence-corrected chi connectivity index (χ3v) is 3.14. The Bertz CT molecular complexity index is 489. The summed E-state index contributed by atoms with van der Waals surface area (Å²) in [6.07, 6.45) is 4.39. The van der Waals surface area contributed by atoms with E-state index >= 15 is 0 Å². The van der Waals surface area contributed by atoms with E-state index < -0.39 is 0 Å². The maximum atomic E-state index is 6.16. The van der Waals surface area contributed by atoms with Gasteiger partial charge in [0.15, 0.2) is 0 Å². The fourth-order valence-electron chi connectivity index (χ4n) is 2.02. The van der Waals surface area contributed by atoms with E-state index in [-0.39, 0.29) is 6.04 Å². The topological polar surface area (TPSA) is 38.9 Å². The van der Waals surface area contributed by atoms with Crippen LogP contribution >= 0.6 is 0 Å². The van der Waals surface area contributed by atoms with Gasteiger partial charge in [0.1, 0.15) is 0 Å². The first-order valence-electron chi connectivity index (χ1n) is 5.45. The molecule has 76 valence electrons. The van der Waals surface area contributed by atoms with Crippen molar-refractivity contribution in [3.05, 3.63) is 42.1 Å². The molecule has 1 unspecified atom stereocenters. The van der Waals surface area contributed by atoms with Gasteiger partial charge in [0, 0.05) is 17.6 Å². The lowest BCUT2D eigenvalue weighted by Crippen LogP contribution is -2.12. The van der Waals surface area contributed by atoms with Gasteiger partial charge >= 0.3 is 0 Å². The van der Waals surface area contributed by atoms with Crippen LogP contribution in [0.1, 0.15) is 24.4 Å². The van der Waals surface area contributed by atoms with E-state index in [1.807, 2.05) is 12.3 Å². The van der Waals surface area contributed by atoms with E-state index in [9.17, 15) is 0 Å². The Labute approximate surface area is 89.1 Å². The molecule has 1 fully saturated rings. The molecule has 0 radical (unpaired) electrons. The fraction of sp³-hybridized carbons (Fsp3) is 0.308. The number of hydrogen-bond donors (Lipinski definition) is 1. The minimum absolute atomic E-state index is 0.205. The number of benzene rings is 1. The third kappa shape index (κ3) is 1.61. The molecule has 2 nitrogen and oxygen atoms in total. The predicted molar refractivity (Wildman–Crippen MR) is 61.4 cm³/mol. The van der Waals surface area contributed by atoms with Gasteiger partial charge in [-0.05, 0) is 36.5 Å². The van der Waals surface area contributed by atoms with Crippen molar-refractivity contribution in [2.24, 2.45) is 11.7 Å². The van der Waals surface area contributed by atoms with Crippen LogP contribution < -0.4 is 5.73 Å².